The van der Waals surface area contributed by atoms with Crippen LogP contribution in [-0.2, 0) is 13.6 Å². The van der Waals surface area contributed by atoms with Crippen molar-refractivity contribution in [2.24, 2.45) is 7.05 Å². The van der Waals surface area contributed by atoms with Crippen molar-refractivity contribution < 1.29 is 9.18 Å². The van der Waals surface area contributed by atoms with Crippen LogP contribution < -0.4 is 5.32 Å². The van der Waals surface area contributed by atoms with E-state index < -0.39 is 11.7 Å². The van der Waals surface area contributed by atoms with Gasteiger partial charge in [-0.2, -0.15) is 0 Å². The topological polar surface area (TPSA) is 46.9 Å². The van der Waals surface area contributed by atoms with E-state index in [-0.39, 0.29) is 12.1 Å². The quantitative estimate of drug-likeness (QED) is 0.831. The van der Waals surface area contributed by atoms with Crippen LogP contribution in [0, 0.1) is 5.82 Å². The highest BCUT2D eigenvalue weighted by molar-refractivity contribution is 7.80. The average molecular weight is 265 g/mol. The summed E-state index contributed by atoms with van der Waals surface area (Å²) in [5.74, 6) is -0.345. The van der Waals surface area contributed by atoms with Gasteiger partial charge in [0.2, 0.25) is 0 Å². The maximum Gasteiger partial charge on any atom is 0.254 e. The zero-order valence-electron chi connectivity index (χ0n) is 9.72. The summed E-state index contributed by atoms with van der Waals surface area (Å²) in [5, 5.41) is 2.61. The second-order valence-corrected chi connectivity index (χ2v) is 4.32. The standard InChI is InChI=1S/C12H12FN3OS/c1-16-5-4-14-11(16)7-15-12(17)9-6-8(18)2-3-10(9)13/h2-6,18H,7H2,1H3,(H,15,17). The first kappa shape index (κ1) is 12.6. The Morgan fingerprint density at radius 2 is 2.33 bits per heavy atom. The second kappa shape index (κ2) is 5.22. The van der Waals surface area contributed by atoms with Crippen molar-refractivity contribution in [1.82, 2.24) is 14.9 Å². The van der Waals surface area contributed by atoms with Crippen LogP contribution in [-0.4, -0.2) is 15.5 Å². The SMILES string of the molecule is Cn1ccnc1CNC(=O)c1cc(S)ccc1F. The first-order chi connectivity index (χ1) is 8.58. The minimum Gasteiger partial charge on any atom is -0.345 e. The van der Waals surface area contributed by atoms with E-state index in [9.17, 15) is 9.18 Å². The number of hydrogen-bond donors (Lipinski definition) is 2. The summed E-state index contributed by atoms with van der Waals surface area (Å²) in [5.41, 5.74) is -0.0169. The molecule has 1 N–H and O–H groups in total. The molecular weight excluding hydrogens is 253 g/mol. The van der Waals surface area contributed by atoms with Crippen molar-refractivity contribution in [2.45, 2.75) is 11.4 Å². The number of aryl methyl sites for hydroxylation is 1. The molecule has 0 aliphatic carbocycles. The van der Waals surface area contributed by atoms with Gasteiger partial charge in [-0.15, -0.1) is 12.6 Å². The summed E-state index contributed by atoms with van der Waals surface area (Å²) in [6, 6.07) is 4.11. The Balaban J connectivity index is 2.08. The fourth-order valence-corrected chi connectivity index (χ4v) is 1.71. The third-order valence-corrected chi connectivity index (χ3v) is 2.80. The summed E-state index contributed by atoms with van der Waals surface area (Å²) in [6.45, 7) is 0.249. The molecular formula is C12H12FN3OS. The van der Waals surface area contributed by atoms with Crippen LogP contribution in [0.5, 0.6) is 0 Å². The third-order valence-electron chi connectivity index (χ3n) is 2.52. The summed E-state index contributed by atoms with van der Waals surface area (Å²) in [7, 11) is 1.82. The van der Waals surface area contributed by atoms with Crippen molar-refractivity contribution >= 4 is 18.5 Å². The molecule has 0 radical (unpaired) electrons. The molecule has 2 aromatic rings. The zero-order chi connectivity index (χ0) is 13.1. The van der Waals surface area contributed by atoms with Gasteiger partial charge >= 0.3 is 0 Å². The average Bonchev–Trinajstić information content (AvgIpc) is 2.75. The van der Waals surface area contributed by atoms with Crippen molar-refractivity contribution in [3.63, 3.8) is 0 Å². The lowest BCUT2D eigenvalue weighted by molar-refractivity contribution is 0.0945. The van der Waals surface area contributed by atoms with Crippen molar-refractivity contribution in [2.75, 3.05) is 0 Å². The van der Waals surface area contributed by atoms with Crippen molar-refractivity contribution in [1.29, 1.82) is 0 Å². The predicted octanol–water partition coefficient (Wildman–Crippen LogP) is 1.78. The molecule has 1 aromatic heterocycles. The number of thiol groups is 1. The van der Waals surface area contributed by atoms with Gasteiger partial charge in [0.25, 0.3) is 5.91 Å². The number of hydrogen-bond acceptors (Lipinski definition) is 3. The van der Waals surface area contributed by atoms with Gasteiger partial charge in [-0.1, -0.05) is 0 Å². The maximum absolute atomic E-state index is 13.4. The molecule has 0 atom stereocenters. The highest BCUT2D eigenvalue weighted by Crippen LogP contribution is 2.13. The summed E-state index contributed by atoms with van der Waals surface area (Å²) in [6.07, 6.45) is 3.41. The molecule has 94 valence electrons. The van der Waals surface area contributed by atoms with Gasteiger partial charge in [-0.3, -0.25) is 4.79 Å². The number of aromatic nitrogens is 2. The monoisotopic (exact) mass is 265 g/mol. The lowest BCUT2D eigenvalue weighted by atomic mass is 10.2. The van der Waals surface area contributed by atoms with Gasteiger partial charge in [0.15, 0.2) is 0 Å². The number of halogens is 1. The van der Waals surface area contributed by atoms with E-state index in [1.807, 2.05) is 7.05 Å². The molecule has 0 spiro atoms. The van der Waals surface area contributed by atoms with Crippen LogP contribution >= 0.6 is 12.6 Å². The van der Waals surface area contributed by atoms with Crippen molar-refractivity contribution in [3.8, 4) is 0 Å². The Labute approximate surface area is 109 Å². The molecule has 1 heterocycles. The third kappa shape index (κ3) is 2.70. The van der Waals surface area contributed by atoms with Crippen LogP contribution in [0.1, 0.15) is 16.2 Å². The number of rotatable bonds is 3. The predicted molar refractivity (Wildman–Crippen MR) is 68.0 cm³/mol. The number of benzene rings is 1. The molecule has 6 heteroatoms. The molecule has 0 aliphatic rings. The number of carbonyl (C=O) groups is 1. The van der Waals surface area contributed by atoms with Crippen LogP contribution in [0.25, 0.3) is 0 Å². The molecule has 4 nitrogen and oxygen atoms in total. The lowest BCUT2D eigenvalue weighted by Gasteiger charge is -2.06. The highest BCUT2D eigenvalue weighted by atomic mass is 32.1. The molecule has 0 aliphatic heterocycles. The largest absolute Gasteiger partial charge is 0.345 e. The molecule has 0 bridgehead atoms. The van der Waals surface area contributed by atoms with Crippen LogP contribution in [0.2, 0.25) is 0 Å². The summed E-state index contributed by atoms with van der Waals surface area (Å²) < 4.78 is 15.2. The molecule has 1 amide bonds. The van der Waals surface area contributed by atoms with E-state index in [4.69, 9.17) is 0 Å². The first-order valence-electron chi connectivity index (χ1n) is 5.31. The van der Waals surface area contributed by atoms with Crippen LogP contribution in [0.15, 0.2) is 35.5 Å². The van der Waals surface area contributed by atoms with Gasteiger partial charge in [0.05, 0.1) is 12.1 Å². The second-order valence-electron chi connectivity index (χ2n) is 3.80. The van der Waals surface area contributed by atoms with E-state index >= 15 is 0 Å². The molecule has 0 fully saturated rings. The normalized spacial score (nSPS) is 10.4. The van der Waals surface area contributed by atoms with Crippen molar-refractivity contribution in [3.05, 3.63) is 47.8 Å². The lowest BCUT2D eigenvalue weighted by Crippen LogP contribution is -2.25. The van der Waals surface area contributed by atoms with E-state index in [0.717, 1.165) is 0 Å². The molecule has 0 saturated carbocycles. The van der Waals surface area contributed by atoms with Gasteiger partial charge in [-0.25, -0.2) is 9.37 Å². The minimum absolute atomic E-state index is 0.0169. The molecule has 2 rings (SSSR count). The van der Waals surface area contributed by atoms with Gasteiger partial charge in [0, 0.05) is 24.3 Å². The first-order valence-corrected chi connectivity index (χ1v) is 5.75. The molecule has 0 saturated heterocycles. The van der Waals surface area contributed by atoms with Crippen LogP contribution in [0.3, 0.4) is 0 Å². The van der Waals surface area contributed by atoms with E-state index in [0.29, 0.717) is 10.7 Å². The minimum atomic E-state index is -0.565. The van der Waals surface area contributed by atoms with Gasteiger partial charge in [0.1, 0.15) is 11.6 Å². The fourth-order valence-electron chi connectivity index (χ4n) is 1.51. The molecule has 0 unspecified atom stereocenters. The van der Waals surface area contributed by atoms with Gasteiger partial charge in [-0.05, 0) is 18.2 Å². The fraction of sp³-hybridized carbons (Fsp3) is 0.167. The number of nitrogens with one attached hydrogen (secondary N) is 1. The van der Waals surface area contributed by atoms with Gasteiger partial charge < -0.3 is 9.88 Å². The Morgan fingerprint density at radius 3 is 3.00 bits per heavy atom. The maximum atomic E-state index is 13.4. The zero-order valence-corrected chi connectivity index (χ0v) is 10.6. The number of imidazole rings is 1. The Kier molecular flexibility index (Phi) is 3.66. The summed E-state index contributed by atoms with van der Waals surface area (Å²) in [4.78, 5) is 16.4. The molecule has 1 aromatic carbocycles. The Bertz CT molecular complexity index is 582. The van der Waals surface area contributed by atoms with E-state index in [1.165, 1.54) is 18.2 Å². The highest BCUT2D eigenvalue weighted by Gasteiger charge is 2.12. The van der Waals surface area contributed by atoms with E-state index in [1.54, 1.807) is 17.0 Å². The Morgan fingerprint density at radius 1 is 1.56 bits per heavy atom. The van der Waals surface area contributed by atoms with Crippen LogP contribution in [0.4, 0.5) is 4.39 Å². The van der Waals surface area contributed by atoms with E-state index in [2.05, 4.69) is 22.9 Å². The number of carbonyl (C=O) groups excluding carboxylic acids is 1. The smallest absolute Gasteiger partial charge is 0.254 e. The summed E-state index contributed by atoms with van der Waals surface area (Å²) >= 11 is 4.08. The molecule has 18 heavy (non-hydrogen) atoms. The number of amides is 1. The Hall–Kier alpha value is -1.82. The number of nitrogens with zero attached hydrogens (tertiary/aromatic N) is 2.